The van der Waals surface area contributed by atoms with Crippen LogP contribution in [0.2, 0.25) is 0 Å². The predicted molar refractivity (Wildman–Crippen MR) is 67.6 cm³/mol. The fourth-order valence-corrected chi connectivity index (χ4v) is 2.78. The minimum atomic E-state index is -0.961. The molecule has 1 aliphatic carbocycles. The number of carbonyl (C=O) groups excluding carboxylic acids is 1. The Balaban J connectivity index is 1.83. The zero-order valence-electron chi connectivity index (χ0n) is 10.2. The smallest absolute Gasteiger partial charge is 0.347 e. The van der Waals surface area contributed by atoms with Crippen LogP contribution >= 0.6 is 11.3 Å². The number of carbonyl (C=O) groups is 2. The average molecular weight is 268 g/mol. The Morgan fingerprint density at radius 1 is 1.50 bits per heavy atom. The van der Waals surface area contributed by atoms with Crippen molar-refractivity contribution in [3.63, 3.8) is 0 Å². The quantitative estimate of drug-likeness (QED) is 0.855. The van der Waals surface area contributed by atoms with E-state index < -0.39 is 5.97 Å². The fourth-order valence-electron chi connectivity index (χ4n) is 1.93. The lowest BCUT2D eigenvalue weighted by Gasteiger charge is -2.24. The lowest BCUT2D eigenvalue weighted by molar-refractivity contribution is -0.122. The highest BCUT2D eigenvalue weighted by Crippen LogP contribution is 2.29. The Bertz CT molecular complexity index is 466. The molecule has 18 heavy (non-hydrogen) atoms. The Hall–Kier alpha value is -1.43. The molecule has 1 aliphatic rings. The number of rotatable bonds is 5. The molecule has 5 nitrogen and oxygen atoms in total. The van der Waals surface area contributed by atoms with Crippen molar-refractivity contribution in [2.45, 2.75) is 39.2 Å². The number of carboxylic acids is 1. The first-order valence-corrected chi connectivity index (χ1v) is 6.84. The van der Waals surface area contributed by atoms with E-state index in [1.807, 2.05) is 0 Å². The molecule has 1 aromatic rings. The molecule has 2 rings (SSSR count). The van der Waals surface area contributed by atoms with E-state index >= 15 is 0 Å². The van der Waals surface area contributed by atoms with Crippen LogP contribution in [-0.2, 0) is 11.3 Å². The van der Waals surface area contributed by atoms with Gasteiger partial charge >= 0.3 is 5.97 Å². The summed E-state index contributed by atoms with van der Waals surface area (Å²) < 4.78 is 0. The van der Waals surface area contributed by atoms with Crippen LogP contribution in [-0.4, -0.2) is 22.0 Å². The maximum atomic E-state index is 11.6. The van der Waals surface area contributed by atoms with E-state index in [2.05, 4.69) is 10.3 Å². The standard InChI is InChI=1S/C12H16N2O3S/c1-7-11(12(16)17)18-10(14-7)6-13-9(15)5-8-3-2-4-8/h8H,2-6H2,1H3,(H,13,15)(H,16,17). The normalized spacial score (nSPS) is 15.2. The second-order valence-electron chi connectivity index (χ2n) is 4.61. The first kappa shape index (κ1) is 13.0. The molecule has 1 heterocycles. The van der Waals surface area contributed by atoms with E-state index in [0.717, 1.165) is 24.2 Å². The zero-order valence-corrected chi connectivity index (χ0v) is 11.0. The van der Waals surface area contributed by atoms with Gasteiger partial charge in [0.05, 0.1) is 12.2 Å². The Kier molecular flexibility index (Phi) is 3.96. The van der Waals surface area contributed by atoms with E-state index in [9.17, 15) is 9.59 Å². The van der Waals surface area contributed by atoms with Crippen LogP contribution in [0.1, 0.15) is 46.1 Å². The summed E-state index contributed by atoms with van der Waals surface area (Å²) in [7, 11) is 0. The van der Waals surface area contributed by atoms with E-state index in [1.165, 1.54) is 6.42 Å². The summed E-state index contributed by atoms with van der Waals surface area (Å²) in [5.41, 5.74) is 0.510. The fraction of sp³-hybridized carbons (Fsp3) is 0.583. The number of aromatic nitrogens is 1. The third-order valence-corrected chi connectivity index (χ3v) is 4.32. The Morgan fingerprint density at radius 2 is 2.22 bits per heavy atom. The topological polar surface area (TPSA) is 79.3 Å². The van der Waals surface area contributed by atoms with Gasteiger partial charge in [-0.25, -0.2) is 9.78 Å². The van der Waals surface area contributed by atoms with Crippen molar-refractivity contribution < 1.29 is 14.7 Å². The molecule has 0 atom stereocenters. The highest BCUT2D eigenvalue weighted by atomic mass is 32.1. The number of amides is 1. The number of carboxylic acid groups (broad SMARTS) is 1. The van der Waals surface area contributed by atoms with Crippen LogP contribution < -0.4 is 5.32 Å². The summed E-state index contributed by atoms with van der Waals surface area (Å²) in [6, 6.07) is 0. The number of aromatic carboxylic acids is 1. The number of nitrogens with zero attached hydrogens (tertiary/aromatic N) is 1. The molecule has 6 heteroatoms. The van der Waals surface area contributed by atoms with Gasteiger partial charge in [-0.15, -0.1) is 11.3 Å². The van der Waals surface area contributed by atoms with E-state index in [4.69, 9.17) is 5.11 Å². The van der Waals surface area contributed by atoms with Crippen LogP contribution in [0.3, 0.4) is 0 Å². The number of thiazole rings is 1. The molecule has 1 aromatic heterocycles. The lowest BCUT2D eigenvalue weighted by Crippen LogP contribution is -2.27. The van der Waals surface area contributed by atoms with Crippen LogP contribution in [0.5, 0.6) is 0 Å². The van der Waals surface area contributed by atoms with Gasteiger partial charge in [0, 0.05) is 6.42 Å². The number of hydrogen-bond acceptors (Lipinski definition) is 4. The summed E-state index contributed by atoms with van der Waals surface area (Å²) in [5.74, 6) is -0.390. The lowest BCUT2D eigenvalue weighted by atomic mass is 9.83. The van der Waals surface area contributed by atoms with Crippen LogP contribution in [0.15, 0.2) is 0 Å². The second-order valence-corrected chi connectivity index (χ2v) is 5.69. The molecule has 0 bridgehead atoms. The predicted octanol–water partition coefficient (Wildman–Crippen LogP) is 1.96. The van der Waals surface area contributed by atoms with Gasteiger partial charge in [0.15, 0.2) is 0 Å². The Labute approximate surface area is 109 Å². The summed E-state index contributed by atoms with van der Waals surface area (Å²) in [5, 5.41) is 12.3. The summed E-state index contributed by atoms with van der Waals surface area (Å²) in [6.07, 6.45) is 4.10. The highest BCUT2D eigenvalue weighted by Gasteiger charge is 2.21. The highest BCUT2D eigenvalue weighted by molar-refractivity contribution is 7.13. The van der Waals surface area contributed by atoms with Crippen LogP contribution in [0.4, 0.5) is 0 Å². The van der Waals surface area contributed by atoms with Gasteiger partial charge in [0.1, 0.15) is 9.88 Å². The average Bonchev–Trinajstić information content (AvgIpc) is 2.62. The monoisotopic (exact) mass is 268 g/mol. The SMILES string of the molecule is Cc1nc(CNC(=O)CC2CCC2)sc1C(=O)O. The summed E-state index contributed by atoms with van der Waals surface area (Å²) >= 11 is 1.12. The Morgan fingerprint density at radius 3 is 2.72 bits per heavy atom. The van der Waals surface area contributed by atoms with E-state index in [0.29, 0.717) is 29.6 Å². The molecule has 0 spiro atoms. The van der Waals surface area contributed by atoms with Gasteiger partial charge in [-0.3, -0.25) is 4.79 Å². The minimum Gasteiger partial charge on any atom is -0.477 e. The van der Waals surface area contributed by atoms with Gasteiger partial charge in [-0.1, -0.05) is 6.42 Å². The maximum absolute atomic E-state index is 11.6. The second kappa shape index (κ2) is 5.48. The van der Waals surface area contributed by atoms with Crippen molar-refractivity contribution in [1.29, 1.82) is 0 Å². The van der Waals surface area contributed by atoms with Gasteiger partial charge in [-0.05, 0) is 25.7 Å². The number of nitrogens with one attached hydrogen (secondary N) is 1. The van der Waals surface area contributed by atoms with Gasteiger partial charge in [0.25, 0.3) is 0 Å². The zero-order chi connectivity index (χ0) is 13.1. The summed E-state index contributed by atoms with van der Waals surface area (Å²) in [6.45, 7) is 1.99. The molecule has 0 unspecified atom stereocenters. The van der Waals surface area contributed by atoms with Gasteiger partial charge in [0.2, 0.25) is 5.91 Å². The van der Waals surface area contributed by atoms with Gasteiger partial charge < -0.3 is 10.4 Å². The van der Waals surface area contributed by atoms with Crippen LogP contribution in [0, 0.1) is 12.8 Å². The maximum Gasteiger partial charge on any atom is 0.347 e. The first-order valence-electron chi connectivity index (χ1n) is 6.02. The molecule has 1 saturated carbocycles. The number of hydrogen-bond donors (Lipinski definition) is 2. The molecule has 0 saturated heterocycles. The third kappa shape index (κ3) is 3.07. The molecule has 98 valence electrons. The third-order valence-electron chi connectivity index (χ3n) is 3.17. The van der Waals surface area contributed by atoms with Crippen LogP contribution in [0.25, 0.3) is 0 Å². The van der Waals surface area contributed by atoms with Crippen molar-refractivity contribution >= 4 is 23.2 Å². The van der Waals surface area contributed by atoms with Gasteiger partial charge in [-0.2, -0.15) is 0 Å². The molecular weight excluding hydrogens is 252 g/mol. The summed E-state index contributed by atoms with van der Waals surface area (Å²) in [4.78, 5) is 26.8. The van der Waals surface area contributed by atoms with Crippen molar-refractivity contribution in [3.8, 4) is 0 Å². The van der Waals surface area contributed by atoms with Crippen molar-refractivity contribution in [3.05, 3.63) is 15.6 Å². The molecule has 0 aliphatic heterocycles. The minimum absolute atomic E-state index is 0.0319. The number of aryl methyl sites for hydroxylation is 1. The molecular formula is C12H16N2O3S. The van der Waals surface area contributed by atoms with Crippen molar-refractivity contribution in [2.75, 3.05) is 0 Å². The van der Waals surface area contributed by atoms with E-state index in [-0.39, 0.29) is 10.8 Å². The first-order chi connectivity index (χ1) is 8.56. The van der Waals surface area contributed by atoms with Crippen molar-refractivity contribution in [1.82, 2.24) is 10.3 Å². The molecule has 0 aromatic carbocycles. The van der Waals surface area contributed by atoms with Crippen molar-refractivity contribution in [2.24, 2.45) is 5.92 Å². The van der Waals surface area contributed by atoms with E-state index in [1.54, 1.807) is 6.92 Å². The molecule has 2 N–H and O–H groups in total. The molecule has 0 radical (unpaired) electrons. The molecule has 1 amide bonds. The molecule has 1 fully saturated rings. The largest absolute Gasteiger partial charge is 0.477 e.